The smallest absolute Gasteiger partial charge is 0.410 e. The molecule has 0 N–H and O–H groups in total. The molecule has 0 saturated carbocycles. The molecule has 32 heavy (non-hydrogen) atoms. The molecule has 0 aromatic heterocycles. The molecule has 0 saturated heterocycles. The first kappa shape index (κ1) is 21.6. The van der Waals surface area contributed by atoms with Crippen LogP contribution >= 0.6 is 0 Å². The monoisotopic (exact) mass is 432 g/mol. The van der Waals surface area contributed by atoms with Crippen LogP contribution in [0.25, 0.3) is 11.6 Å². The van der Waals surface area contributed by atoms with E-state index in [1.165, 1.54) is 6.07 Å². The maximum absolute atomic E-state index is 14.5. The fourth-order valence-electron chi connectivity index (χ4n) is 3.86. The van der Waals surface area contributed by atoms with E-state index >= 15 is 0 Å². The zero-order valence-electron chi connectivity index (χ0n) is 18.4. The quantitative estimate of drug-likeness (QED) is 0.596. The van der Waals surface area contributed by atoms with Crippen LogP contribution in [0.5, 0.6) is 5.75 Å². The normalized spacial score (nSPS) is 17.7. The minimum Gasteiger partial charge on any atom is -0.481 e. The minimum absolute atomic E-state index is 0.276. The van der Waals surface area contributed by atoms with Crippen LogP contribution in [0, 0.1) is 17.1 Å². The topological polar surface area (TPSA) is 62.6 Å². The largest absolute Gasteiger partial charge is 0.481 e. The third kappa shape index (κ3) is 4.52. The number of amides is 1. The summed E-state index contributed by atoms with van der Waals surface area (Å²) in [6, 6.07) is 12.2. The zero-order chi connectivity index (χ0) is 22.9. The third-order valence-electron chi connectivity index (χ3n) is 5.40. The van der Waals surface area contributed by atoms with Gasteiger partial charge in [0.1, 0.15) is 23.3 Å². The second-order valence-corrected chi connectivity index (χ2v) is 8.87. The number of halogens is 1. The Morgan fingerprint density at radius 1 is 1.28 bits per heavy atom. The van der Waals surface area contributed by atoms with Gasteiger partial charge in [-0.25, -0.2) is 9.18 Å². The molecule has 2 heterocycles. The van der Waals surface area contributed by atoms with E-state index in [4.69, 9.17) is 14.7 Å². The average molecular weight is 432 g/mol. The summed E-state index contributed by atoms with van der Waals surface area (Å²) in [5.41, 5.74) is 3.26. The highest BCUT2D eigenvalue weighted by molar-refractivity contribution is 5.80. The van der Waals surface area contributed by atoms with Crippen molar-refractivity contribution in [3.05, 3.63) is 76.6 Å². The molecule has 4 rings (SSSR count). The Labute approximate surface area is 187 Å². The first-order valence-corrected chi connectivity index (χ1v) is 10.6. The predicted molar refractivity (Wildman–Crippen MR) is 120 cm³/mol. The van der Waals surface area contributed by atoms with E-state index in [0.29, 0.717) is 30.8 Å². The molecule has 0 aliphatic carbocycles. The Balaban J connectivity index is 1.53. The van der Waals surface area contributed by atoms with E-state index in [-0.39, 0.29) is 11.7 Å². The van der Waals surface area contributed by atoms with Crippen LogP contribution in [-0.2, 0) is 4.74 Å². The van der Waals surface area contributed by atoms with Crippen LogP contribution in [0.15, 0.2) is 48.6 Å². The van der Waals surface area contributed by atoms with Crippen molar-refractivity contribution in [2.75, 3.05) is 13.1 Å². The van der Waals surface area contributed by atoms with Crippen molar-refractivity contribution in [3.63, 3.8) is 0 Å². The van der Waals surface area contributed by atoms with Gasteiger partial charge in [0.2, 0.25) is 0 Å². The number of carbonyl (C=O) groups is 1. The summed E-state index contributed by atoms with van der Waals surface area (Å²) in [6.45, 7) is 6.63. The number of nitrogens with zero attached hydrogens (tertiary/aromatic N) is 2. The van der Waals surface area contributed by atoms with E-state index in [2.05, 4.69) is 0 Å². The van der Waals surface area contributed by atoms with E-state index in [9.17, 15) is 9.18 Å². The van der Waals surface area contributed by atoms with Gasteiger partial charge in [-0.15, -0.1) is 0 Å². The van der Waals surface area contributed by atoms with Crippen molar-refractivity contribution in [1.82, 2.24) is 4.90 Å². The van der Waals surface area contributed by atoms with Crippen molar-refractivity contribution in [1.29, 1.82) is 5.26 Å². The highest BCUT2D eigenvalue weighted by Crippen LogP contribution is 2.38. The average Bonchev–Trinajstić information content (AvgIpc) is 2.77. The molecule has 1 amide bonds. The molecule has 1 unspecified atom stereocenters. The van der Waals surface area contributed by atoms with Crippen LogP contribution in [0.3, 0.4) is 0 Å². The van der Waals surface area contributed by atoms with Gasteiger partial charge < -0.3 is 14.4 Å². The lowest BCUT2D eigenvalue weighted by Crippen LogP contribution is -2.39. The number of hydrogen-bond donors (Lipinski definition) is 0. The molecule has 2 aliphatic heterocycles. The van der Waals surface area contributed by atoms with Gasteiger partial charge in [0, 0.05) is 24.2 Å². The molecule has 164 valence electrons. The maximum Gasteiger partial charge on any atom is 0.410 e. The summed E-state index contributed by atoms with van der Waals surface area (Å²) in [5, 5.41) is 8.95. The summed E-state index contributed by atoms with van der Waals surface area (Å²) < 4.78 is 26.0. The van der Waals surface area contributed by atoms with Gasteiger partial charge in [0.15, 0.2) is 0 Å². The first-order valence-electron chi connectivity index (χ1n) is 10.6. The molecule has 0 fully saturated rings. The van der Waals surface area contributed by atoms with Crippen LogP contribution in [0.4, 0.5) is 9.18 Å². The molecule has 6 heteroatoms. The summed E-state index contributed by atoms with van der Waals surface area (Å²) in [4.78, 5) is 14.0. The lowest BCUT2D eigenvalue weighted by atomic mass is 9.92. The molecular weight excluding hydrogens is 407 g/mol. The Bertz CT molecular complexity index is 1150. The van der Waals surface area contributed by atoms with Crippen molar-refractivity contribution in [2.24, 2.45) is 0 Å². The highest BCUT2D eigenvalue weighted by Gasteiger charge is 2.26. The lowest BCUT2D eigenvalue weighted by molar-refractivity contribution is 0.0270. The summed E-state index contributed by atoms with van der Waals surface area (Å²) in [7, 11) is 0. The van der Waals surface area contributed by atoms with Crippen LogP contribution < -0.4 is 4.74 Å². The molecule has 5 nitrogen and oxygen atoms in total. The van der Waals surface area contributed by atoms with Crippen molar-refractivity contribution in [3.8, 4) is 11.8 Å². The Morgan fingerprint density at radius 3 is 2.75 bits per heavy atom. The van der Waals surface area contributed by atoms with Crippen molar-refractivity contribution >= 4 is 17.7 Å². The number of hydrogen-bond acceptors (Lipinski definition) is 4. The van der Waals surface area contributed by atoms with Gasteiger partial charge in [-0.2, -0.15) is 5.26 Å². The zero-order valence-corrected chi connectivity index (χ0v) is 18.4. The second kappa shape index (κ2) is 8.51. The molecule has 1 atom stereocenters. The number of carbonyl (C=O) groups excluding carboxylic acids is 1. The number of benzene rings is 2. The van der Waals surface area contributed by atoms with Gasteiger partial charge in [-0.05, 0) is 62.6 Å². The van der Waals surface area contributed by atoms with Gasteiger partial charge in [0.25, 0.3) is 0 Å². The maximum atomic E-state index is 14.5. The van der Waals surface area contributed by atoms with E-state index in [0.717, 1.165) is 16.7 Å². The lowest BCUT2D eigenvalue weighted by Gasteiger charge is -2.30. The fourth-order valence-corrected chi connectivity index (χ4v) is 3.86. The summed E-state index contributed by atoms with van der Waals surface area (Å²) >= 11 is 0. The van der Waals surface area contributed by atoms with Gasteiger partial charge in [-0.1, -0.05) is 30.4 Å². The van der Waals surface area contributed by atoms with Crippen LogP contribution in [0.2, 0.25) is 0 Å². The Morgan fingerprint density at radius 2 is 2.09 bits per heavy atom. The Kier molecular flexibility index (Phi) is 5.75. The summed E-state index contributed by atoms with van der Waals surface area (Å²) in [6.07, 6.45) is 5.66. The highest BCUT2D eigenvalue weighted by atomic mass is 19.1. The van der Waals surface area contributed by atoms with Crippen LogP contribution in [0.1, 0.15) is 55.5 Å². The summed E-state index contributed by atoms with van der Waals surface area (Å²) in [5.74, 6) is 0.213. The van der Waals surface area contributed by atoms with Crippen molar-refractivity contribution < 1.29 is 18.7 Å². The second-order valence-electron chi connectivity index (χ2n) is 8.87. The number of ether oxygens (including phenoxy) is 2. The molecule has 0 spiro atoms. The molecule has 0 radical (unpaired) electrons. The van der Waals surface area contributed by atoms with Gasteiger partial charge in [0.05, 0.1) is 11.6 Å². The van der Waals surface area contributed by atoms with Gasteiger partial charge in [-0.3, -0.25) is 0 Å². The number of fused-ring (bicyclic) bond motifs is 1. The number of nitriles is 1. The van der Waals surface area contributed by atoms with Crippen molar-refractivity contribution in [2.45, 2.75) is 38.9 Å². The predicted octanol–water partition coefficient (Wildman–Crippen LogP) is 5.87. The van der Waals surface area contributed by atoms with E-state index in [1.807, 2.05) is 63.3 Å². The molecule has 2 aliphatic rings. The SMILES string of the molecule is CC(C)(C)OC(=O)N1CC=C(c2cccc3c2C=CC(c2ccc(C#N)cc2F)O3)CC1. The minimum atomic E-state index is -0.562. The standard InChI is InChI=1S/C26H25FN2O3/c1-26(2,3)32-25(30)29-13-11-18(12-14-29)19-5-4-6-23-20(19)9-10-24(31-23)21-8-7-17(16-28)15-22(21)27/h4-11,15,24H,12-14H2,1-3H3. The molecular formula is C26H25FN2O3. The molecule has 0 bridgehead atoms. The van der Waals surface area contributed by atoms with Gasteiger partial charge >= 0.3 is 6.09 Å². The fraction of sp³-hybridized carbons (Fsp3) is 0.308. The van der Waals surface area contributed by atoms with Crippen LogP contribution in [-0.4, -0.2) is 29.7 Å². The third-order valence-corrected chi connectivity index (χ3v) is 5.40. The number of rotatable bonds is 2. The van der Waals surface area contributed by atoms with E-state index < -0.39 is 17.5 Å². The first-order chi connectivity index (χ1) is 15.2. The molecule has 2 aromatic rings. The van der Waals surface area contributed by atoms with E-state index in [1.54, 1.807) is 17.0 Å². The Hall–Kier alpha value is -3.59. The molecule has 2 aromatic carbocycles.